The lowest BCUT2D eigenvalue weighted by Gasteiger charge is -2.42. The lowest BCUT2D eigenvalue weighted by atomic mass is 10.1. The molecule has 7 nitrogen and oxygen atoms in total. The summed E-state index contributed by atoms with van der Waals surface area (Å²) in [5.41, 5.74) is 0.629. The van der Waals surface area contributed by atoms with E-state index in [2.05, 4.69) is 11.8 Å². The van der Waals surface area contributed by atoms with Gasteiger partial charge in [0.15, 0.2) is 0 Å². The molecule has 0 radical (unpaired) electrons. The number of benzene rings is 3. The van der Waals surface area contributed by atoms with E-state index in [0.29, 0.717) is 41.3 Å². The van der Waals surface area contributed by atoms with Crippen LogP contribution in [0.25, 0.3) is 21.7 Å². The average Bonchev–Trinajstić information content (AvgIpc) is 2.87. The van der Waals surface area contributed by atoms with Crippen LogP contribution in [-0.2, 0) is 17.1 Å². The third-order valence-electron chi connectivity index (χ3n) is 7.07. The summed E-state index contributed by atoms with van der Waals surface area (Å²) >= 11 is 0. The van der Waals surface area contributed by atoms with Crippen LogP contribution in [0.15, 0.2) is 76.4 Å². The van der Waals surface area contributed by atoms with Crippen LogP contribution in [0.1, 0.15) is 32.1 Å². The van der Waals surface area contributed by atoms with E-state index >= 15 is 0 Å². The van der Waals surface area contributed by atoms with Gasteiger partial charge in [0.1, 0.15) is 5.82 Å². The Balaban J connectivity index is 1.42. The lowest BCUT2D eigenvalue weighted by molar-refractivity contribution is 0.0938. The maximum absolute atomic E-state index is 13.6. The van der Waals surface area contributed by atoms with Crippen molar-refractivity contribution in [3.8, 4) is 0 Å². The molecule has 1 aliphatic heterocycles. The van der Waals surface area contributed by atoms with Crippen molar-refractivity contribution in [2.75, 3.05) is 19.6 Å². The van der Waals surface area contributed by atoms with E-state index in [9.17, 15) is 13.2 Å². The van der Waals surface area contributed by atoms with E-state index < -0.39 is 10.0 Å². The maximum atomic E-state index is 13.6. The first kappa shape index (κ1) is 23.7. The topological polar surface area (TPSA) is 75.5 Å². The van der Waals surface area contributed by atoms with Crippen LogP contribution < -0.4 is 5.56 Å². The fourth-order valence-electron chi connectivity index (χ4n) is 5.21. The molecule has 1 fully saturated rings. The van der Waals surface area contributed by atoms with Crippen molar-refractivity contribution in [2.45, 2.75) is 37.2 Å². The van der Waals surface area contributed by atoms with Crippen molar-refractivity contribution in [1.82, 2.24) is 18.8 Å². The van der Waals surface area contributed by atoms with Gasteiger partial charge in [-0.3, -0.25) is 14.3 Å². The zero-order valence-corrected chi connectivity index (χ0v) is 21.1. The fraction of sp³-hybridized carbons (Fsp3) is 0.333. The molecule has 0 aliphatic carbocycles. The van der Waals surface area contributed by atoms with Crippen LogP contribution in [0, 0.1) is 0 Å². The standard InChI is InChI=1S/C27H30N4O3S/c1-4-25(26-28-24-12-8-7-11-23(24)27(32)29(26)3)30-15-16-31(19(2)18-30)35(33,34)22-14-13-20-9-5-6-10-21(20)17-22/h5-14,17,19,25H,4,15-16,18H2,1-3H3. The third kappa shape index (κ3) is 4.16. The summed E-state index contributed by atoms with van der Waals surface area (Å²) in [6.07, 6.45) is 0.767. The first-order valence-corrected chi connectivity index (χ1v) is 13.5. The van der Waals surface area contributed by atoms with Gasteiger partial charge in [0.2, 0.25) is 10.0 Å². The minimum Gasteiger partial charge on any atom is -0.298 e. The van der Waals surface area contributed by atoms with Crippen LogP contribution in [0.3, 0.4) is 0 Å². The normalized spacial score (nSPS) is 18.8. The number of hydrogen-bond donors (Lipinski definition) is 0. The molecule has 0 N–H and O–H groups in total. The molecule has 1 saturated heterocycles. The summed E-state index contributed by atoms with van der Waals surface area (Å²) in [6.45, 7) is 5.54. The van der Waals surface area contributed by atoms with Crippen LogP contribution >= 0.6 is 0 Å². The van der Waals surface area contributed by atoms with Gasteiger partial charge in [-0.15, -0.1) is 0 Å². The molecule has 4 aromatic rings. The molecule has 0 spiro atoms. The van der Waals surface area contributed by atoms with E-state index in [1.807, 2.05) is 55.5 Å². The molecule has 0 bridgehead atoms. The van der Waals surface area contributed by atoms with Crippen LogP contribution in [0.5, 0.6) is 0 Å². The van der Waals surface area contributed by atoms with Crippen molar-refractivity contribution in [2.24, 2.45) is 7.05 Å². The van der Waals surface area contributed by atoms with E-state index in [4.69, 9.17) is 4.98 Å². The predicted molar refractivity (Wildman–Crippen MR) is 139 cm³/mol. The van der Waals surface area contributed by atoms with Crippen molar-refractivity contribution in [3.63, 3.8) is 0 Å². The largest absolute Gasteiger partial charge is 0.298 e. The smallest absolute Gasteiger partial charge is 0.261 e. The van der Waals surface area contributed by atoms with E-state index in [-0.39, 0.29) is 17.6 Å². The Morgan fingerprint density at radius 1 is 1.00 bits per heavy atom. The molecule has 0 saturated carbocycles. The molecule has 182 valence electrons. The predicted octanol–water partition coefficient (Wildman–Crippen LogP) is 3.93. The van der Waals surface area contributed by atoms with Crippen LogP contribution in [-0.4, -0.2) is 52.9 Å². The van der Waals surface area contributed by atoms with Gasteiger partial charge in [-0.2, -0.15) is 4.31 Å². The minimum atomic E-state index is -3.63. The zero-order valence-electron chi connectivity index (χ0n) is 20.3. The molecule has 2 heterocycles. The number of fused-ring (bicyclic) bond motifs is 2. The number of sulfonamides is 1. The van der Waals surface area contributed by atoms with Crippen molar-refractivity contribution >= 4 is 31.7 Å². The highest BCUT2D eigenvalue weighted by Crippen LogP contribution is 2.29. The molecule has 2 unspecified atom stereocenters. The first-order valence-electron chi connectivity index (χ1n) is 12.0. The zero-order chi connectivity index (χ0) is 24.7. The third-order valence-corrected chi connectivity index (χ3v) is 9.08. The van der Waals surface area contributed by atoms with Crippen molar-refractivity contribution in [1.29, 1.82) is 0 Å². The second kappa shape index (κ2) is 9.18. The Hall–Kier alpha value is -3.07. The molecular weight excluding hydrogens is 460 g/mol. The Morgan fingerprint density at radius 3 is 2.46 bits per heavy atom. The summed E-state index contributed by atoms with van der Waals surface area (Å²) in [7, 11) is -1.86. The molecule has 2 atom stereocenters. The maximum Gasteiger partial charge on any atom is 0.261 e. The Labute approximate surface area is 205 Å². The minimum absolute atomic E-state index is 0.0605. The SMILES string of the molecule is CCC(c1nc2ccccc2c(=O)n1C)N1CCN(S(=O)(=O)c2ccc3ccccc3c2)C(C)C1. The number of rotatable bonds is 5. The summed E-state index contributed by atoms with van der Waals surface area (Å²) in [4.78, 5) is 20.4. The number of piperazine rings is 1. The van der Waals surface area contributed by atoms with Gasteiger partial charge in [-0.1, -0.05) is 49.4 Å². The number of nitrogens with zero attached hydrogens (tertiary/aromatic N) is 4. The summed E-state index contributed by atoms with van der Waals surface area (Å²) in [5.74, 6) is 0.717. The van der Waals surface area contributed by atoms with Gasteiger partial charge in [0.05, 0.1) is 21.8 Å². The monoisotopic (exact) mass is 490 g/mol. The van der Waals surface area contributed by atoms with E-state index in [0.717, 1.165) is 17.2 Å². The number of hydrogen-bond acceptors (Lipinski definition) is 5. The first-order chi connectivity index (χ1) is 16.8. The molecule has 5 rings (SSSR count). The van der Waals surface area contributed by atoms with Gasteiger partial charge >= 0.3 is 0 Å². The molecule has 0 amide bonds. The van der Waals surface area contributed by atoms with Crippen LogP contribution in [0.4, 0.5) is 0 Å². The molecule has 35 heavy (non-hydrogen) atoms. The highest BCUT2D eigenvalue weighted by Gasteiger charge is 2.36. The highest BCUT2D eigenvalue weighted by molar-refractivity contribution is 7.89. The quantitative estimate of drug-likeness (QED) is 0.424. The Morgan fingerprint density at radius 2 is 1.71 bits per heavy atom. The van der Waals surface area contributed by atoms with Crippen molar-refractivity contribution < 1.29 is 8.42 Å². The number of para-hydroxylation sites is 1. The molecule has 3 aromatic carbocycles. The second-order valence-corrected chi connectivity index (χ2v) is 11.1. The Kier molecular flexibility index (Phi) is 6.21. The van der Waals surface area contributed by atoms with E-state index in [1.165, 1.54) is 0 Å². The summed E-state index contributed by atoms with van der Waals surface area (Å²) in [5, 5.41) is 2.53. The van der Waals surface area contributed by atoms with Gasteiger partial charge in [0.25, 0.3) is 5.56 Å². The average molecular weight is 491 g/mol. The van der Waals surface area contributed by atoms with Gasteiger partial charge < -0.3 is 0 Å². The molecule has 1 aromatic heterocycles. The molecular formula is C27H30N4O3S. The summed E-state index contributed by atoms with van der Waals surface area (Å²) < 4.78 is 30.3. The second-order valence-electron chi connectivity index (χ2n) is 9.24. The van der Waals surface area contributed by atoms with Gasteiger partial charge in [-0.05, 0) is 48.4 Å². The number of aromatic nitrogens is 2. The molecule has 1 aliphatic rings. The summed E-state index contributed by atoms with van der Waals surface area (Å²) in [6, 6.07) is 20.2. The van der Waals surface area contributed by atoms with Crippen LogP contribution in [0.2, 0.25) is 0 Å². The van der Waals surface area contributed by atoms with E-state index in [1.54, 1.807) is 34.1 Å². The van der Waals surface area contributed by atoms with Crippen molar-refractivity contribution in [3.05, 3.63) is 82.9 Å². The Bertz CT molecular complexity index is 1560. The molecule has 8 heteroatoms. The van der Waals surface area contributed by atoms with Gasteiger partial charge in [-0.25, -0.2) is 13.4 Å². The van der Waals surface area contributed by atoms with Gasteiger partial charge in [0, 0.05) is 32.7 Å². The lowest BCUT2D eigenvalue weighted by Crippen LogP contribution is -2.54. The highest BCUT2D eigenvalue weighted by atomic mass is 32.2. The fourth-order valence-corrected chi connectivity index (χ4v) is 6.86.